The molecule has 4 rings (SSSR count). The Morgan fingerprint density at radius 1 is 0.511 bits per heavy atom. The summed E-state index contributed by atoms with van der Waals surface area (Å²) >= 11 is 0. The van der Waals surface area contributed by atoms with Crippen LogP contribution in [0.15, 0.2) is 103 Å². The first-order valence-electron chi connectivity index (χ1n) is 14.7. The molecule has 0 aliphatic rings. The highest BCUT2D eigenvalue weighted by Gasteiger charge is 2.30. The van der Waals surface area contributed by atoms with E-state index in [1.807, 2.05) is 6.07 Å². The Morgan fingerprint density at radius 2 is 0.894 bits per heavy atom. The fraction of sp³-hybridized carbons (Fsp3) is 0.200. The van der Waals surface area contributed by atoms with Gasteiger partial charge in [-0.1, -0.05) is 66.7 Å². The lowest BCUT2D eigenvalue weighted by Crippen LogP contribution is -2.57. The maximum Gasteiger partial charge on any atom is 0.408 e. The van der Waals surface area contributed by atoms with Crippen molar-refractivity contribution in [1.29, 1.82) is 0 Å². The predicted molar refractivity (Wildman–Crippen MR) is 170 cm³/mol. The van der Waals surface area contributed by atoms with Crippen LogP contribution in [0, 0.1) is 0 Å². The molecule has 12 nitrogen and oxygen atoms in total. The van der Waals surface area contributed by atoms with Crippen LogP contribution >= 0.6 is 0 Å². The Kier molecular flexibility index (Phi) is 11.8. The fourth-order valence-electron chi connectivity index (χ4n) is 4.67. The van der Waals surface area contributed by atoms with Crippen LogP contribution in [-0.2, 0) is 45.0 Å². The Bertz CT molecular complexity index is 1640. The summed E-state index contributed by atoms with van der Waals surface area (Å²) in [5, 5.41) is 46.5. The summed E-state index contributed by atoms with van der Waals surface area (Å²) in [7, 11) is 0. The van der Waals surface area contributed by atoms with Gasteiger partial charge in [-0.3, -0.25) is 9.59 Å². The topological polar surface area (TPSA) is 195 Å². The molecule has 0 saturated carbocycles. The summed E-state index contributed by atoms with van der Waals surface area (Å²) in [4.78, 5) is 52.2. The van der Waals surface area contributed by atoms with Crippen LogP contribution < -0.4 is 16.0 Å². The number of alkyl carbamates (subject to hydrolysis) is 1. The lowest BCUT2D eigenvalue weighted by atomic mass is 10.0. The molecule has 4 aromatic rings. The SMILES string of the molecule is O=C(N[C@@H](Cc1ccc(O)cc1)C(=O)N[C@@H](Cc1ccc(O)cc1)C(=O)N[C@@H](Cc1ccc(O)cc1)C(=O)O)OCc1ccccc1. The lowest BCUT2D eigenvalue weighted by molar-refractivity contribution is -0.142. The van der Waals surface area contributed by atoms with E-state index in [1.54, 1.807) is 48.5 Å². The van der Waals surface area contributed by atoms with Crippen molar-refractivity contribution in [2.45, 2.75) is 44.0 Å². The van der Waals surface area contributed by atoms with E-state index in [-0.39, 0.29) is 43.1 Å². The first-order chi connectivity index (χ1) is 22.5. The first-order valence-corrected chi connectivity index (χ1v) is 14.7. The quantitative estimate of drug-likeness (QED) is 0.108. The van der Waals surface area contributed by atoms with Gasteiger partial charge in [0, 0.05) is 19.3 Å². The maximum absolute atomic E-state index is 13.7. The van der Waals surface area contributed by atoms with Crippen molar-refractivity contribution in [2.24, 2.45) is 0 Å². The van der Waals surface area contributed by atoms with Gasteiger partial charge in [0.2, 0.25) is 11.8 Å². The Hall–Kier alpha value is -6.04. The van der Waals surface area contributed by atoms with E-state index < -0.39 is 42.0 Å². The number of benzene rings is 4. The Balaban J connectivity index is 1.54. The van der Waals surface area contributed by atoms with E-state index in [2.05, 4.69) is 16.0 Å². The van der Waals surface area contributed by atoms with Crippen LogP contribution in [-0.4, -0.2) is 62.4 Å². The number of phenols is 3. The molecule has 0 unspecified atom stereocenters. The summed E-state index contributed by atoms with van der Waals surface area (Å²) in [6.07, 6.45) is -1.08. The fourth-order valence-corrected chi connectivity index (χ4v) is 4.67. The van der Waals surface area contributed by atoms with E-state index in [0.29, 0.717) is 16.7 Å². The number of aliphatic carboxylic acids is 1. The number of carbonyl (C=O) groups is 4. The summed E-state index contributed by atoms with van der Waals surface area (Å²) in [5.74, 6) is -2.86. The molecule has 0 fully saturated rings. The lowest BCUT2D eigenvalue weighted by Gasteiger charge is -2.25. The molecule has 0 aliphatic heterocycles. The van der Waals surface area contributed by atoms with Gasteiger partial charge in [-0.2, -0.15) is 0 Å². The molecular formula is C35H35N3O9. The van der Waals surface area contributed by atoms with Crippen LogP contribution in [0.4, 0.5) is 4.79 Å². The summed E-state index contributed by atoms with van der Waals surface area (Å²) in [6, 6.07) is 22.8. The van der Waals surface area contributed by atoms with Gasteiger partial charge in [-0.05, 0) is 58.7 Å². The van der Waals surface area contributed by atoms with Gasteiger partial charge in [-0.25, -0.2) is 9.59 Å². The number of ether oxygens (including phenoxy) is 1. The normalized spacial score (nSPS) is 12.6. The third-order valence-corrected chi connectivity index (χ3v) is 7.20. The van der Waals surface area contributed by atoms with Crippen LogP contribution in [0.3, 0.4) is 0 Å². The van der Waals surface area contributed by atoms with Gasteiger partial charge in [-0.15, -0.1) is 0 Å². The molecule has 0 saturated heterocycles. The largest absolute Gasteiger partial charge is 0.508 e. The van der Waals surface area contributed by atoms with Gasteiger partial charge >= 0.3 is 12.1 Å². The number of phenolic OH excluding ortho intramolecular Hbond substituents is 3. The van der Waals surface area contributed by atoms with Crippen molar-refractivity contribution in [3.8, 4) is 17.2 Å². The van der Waals surface area contributed by atoms with Crippen molar-refractivity contribution in [1.82, 2.24) is 16.0 Å². The molecule has 3 atom stereocenters. The number of rotatable bonds is 14. The minimum Gasteiger partial charge on any atom is -0.508 e. The summed E-state index contributed by atoms with van der Waals surface area (Å²) < 4.78 is 5.31. The molecule has 0 spiro atoms. The Labute approximate surface area is 270 Å². The van der Waals surface area contributed by atoms with Gasteiger partial charge in [0.05, 0.1) is 0 Å². The molecule has 0 aliphatic carbocycles. The van der Waals surface area contributed by atoms with Gasteiger partial charge in [0.1, 0.15) is 42.0 Å². The average Bonchev–Trinajstić information content (AvgIpc) is 3.06. The minimum absolute atomic E-state index is 0.000694. The summed E-state index contributed by atoms with van der Waals surface area (Å²) in [6.45, 7) is -0.0519. The van der Waals surface area contributed by atoms with Crippen LogP contribution in [0.1, 0.15) is 22.3 Å². The number of hydrogen-bond acceptors (Lipinski definition) is 8. The second kappa shape index (κ2) is 16.3. The number of amides is 3. The predicted octanol–water partition coefficient (Wildman–Crippen LogP) is 3.18. The highest BCUT2D eigenvalue weighted by atomic mass is 16.5. The monoisotopic (exact) mass is 641 g/mol. The molecule has 7 N–H and O–H groups in total. The molecule has 0 heterocycles. The number of aromatic hydroxyl groups is 3. The zero-order valence-electron chi connectivity index (χ0n) is 25.2. The van der Waals surface area contributed by atoms with Crippen LogP contribution in [0.5, 0.6) is 17.2 Å². The number of nitrogens with one attached hydrogen (secondary N) is 3. The van der Waals surface area contributed by atoms with Gasteiger partial charge in [0.15, 0.2) is 0 Å². The third kappa shape index (κ3) is 10.8. The maximum atomic E-state index is 13.7. The van der Waals surface area contributed by atoms with Crippen molar-refractivity contribution in [3.05, 3.63) is 125 Å². The molecule has 4 aromatic carbocycles. The average molecular weight is 642 g/mol. The second-order valence-electron chi connectivity index (χ2n) is 10.8. The molecule has 12 heteroatoms. The van der Waals surface area contributed by atoms with Crippen LogP contribution in [0.25, 0.3) is 0 Å². The highest BCUT2D eigenvalue weighted by molar-refractivity contribution is 5.93. The van der Waals surface area contributed by atoms with Crippen molar-refractivity contribution < 1.29 is 44.3 Å². The Morgan fingerprint density at radius 3 is 1.32 bits per heavy atom. The molecular weight excluding hydrogens is 606 g/mol. The number of carboxylic acids is 1. The number of carbonyl (C=O) groups excluding carboxylic acids is 3. The first kappa shape index (κ1) is 33.8. The molecule has 244 valence electrons. The highest BCUT2D eigenvalue weighted by Crippen LogP contribution is 2.15. The van der Waals surface area contributed by atoms with Gasteiger partial charge < -0.3 is 41.1 Å². The number of carboxylic acid groups (broad SMARTS) is 1. The van der Waals surface area contributed by atoms with E-state index >= 15 is 0 Å². The molecule has 0 radical (unpaired) electrons. The van der Waals surface area contributed by atoms with E-state index in [1.165, 1.54) is 48.5 Å². The zero-order valence-corrected chi connectivity index (χ0v) is 25.2. The molecule has 47 heavy (non-hydrogen) atoms. The van der Waals surface area contributed by atoms with Crippen LogP contribution in [0.2, 0.25) is 0 Å². The molecule has 3 amide bonds. The number of hydrogen-bond donors (Lipinski definition) is 7. The zero-order chi connectivity index (χ0) is 33.8. The smallest absolute Gasteiger partial charge is 0.408 e. The molecule has 0 aromatic heterocycles. The second-order valence-corrected chi connectivity index (χ2v) is 10.8. The van der Waals surface area contributed by atoms with E-state index in [9.17, 15) is 39.6 Å². The van der Waals surface area contributed by atoms with Gasteiger partial charge in [0.25, 0.3) is 0 Å². The van der Waals surface area contributed by atoms with Crippen molar-refractivity contribution in [2.75, 3.05) is 0 Å². The standard InChI is InChI=1S/C35H35N3O9/c39-26-12-6-22(7-13-26)18-29(32(42)37-31(34(44)45)20-24-10-16-28(41)17-11-24)36-33(43)30(19-23-8-14-27(40)15-9-23)38-35(46)47-21-25-4-2-1-3-5-25/h1-17,29-31,39-41H,18-21H2,(H,36,43)(H,37,42)(H,38,46)(H,44,45)/t29-,30-,31-/m0/s1. The van der Waals surface area contributed by atoms with Crippen molar-refractivity contribution in [3.63, 3.8) is 0 Å². The minimum atomic E-state index is -1.37. The summed E-state index contributed by atoms with van der Waals surface area (Å²) in [5.41, 5.74) is 2.42. The van der Waals surface area contributed by atoms with E-state index in [4.69, 9.17) is 4.74 Å². The van der Waals surface area contributed by atoms with E-state index in [0.717, 1.165) is 5.56 Å². The third-order valence-electron chi connectivity index (χ3n) is 7.20. The molecule has 0 bridgehead atoms. The van der Waals surface area contributed by atoms with Crippen molar-refractivity contribution >= 4 is 23.9 Å².